The third-order valence-corrected chi connectivity index (χ3v) is 6.30. The molecule has 0 aliphatic carbocycles. The number of aromatic nitrogens is 2. The van der Waals surface area contributed by atoms with Gasteiger partial charge in [-0.25, -0.2) is 4.98 Å². The topological polar surface area (TPSA) is 86.9 Å². The van der Waals surface area contributed by atoms with Crippen molar-refractivity contribution in [2.45, 2.75) is 51.5 Å². The second-order valence-corrected chi connectivity index (χ2v) is 8.65. The molecule has 0 unspecified atom stereocenters. The maximum absolute atomic E-state index is 12.6. The molecule has 0 radical (unpaired) electrons. The van der Waals surface area contributed by atoms with Gasteiger partial charge < -0.3 is 15.6 Å². The summed E-state index contributed by atoms with van der Waals surface area (Å²) >= 11 is 0. The van der Waals surface area contributed by atoms with E-state index < -0.39 is 0 Å². The number of imidazole rings is 1. The lowest BCUT2D eigenvalue weighted by Gasteiger charge is -2.28. The second kappa shape index (κ2) is 10.6. The van der Waals surface area contributed by atoms with Crippen LogP contribution in [0.15, 0.2) is 48.7 Å². The van der Waals surface area contributed by atoms with Crippen molar-refractivity contribution >= 4 is 22.5 Å². The van der Waals surface area contributed by atoms with E-state index in [2.05, 4.69) is 50.9 Å². The number of carbonyl (C=O) groups is 2. The number of fused-ring (bicyclic) bond motifs is 1. The molecule has 1 atom stereocenters. The van der Waals surface area contributed by atoms with Crippen molar-refractivity contribution in [1.82, 2.24) is 20.6 Å². The second-order valence-electron chi connectivity index (χ2n) is 8.65. The molecule has 0 bridgehead atoms. The zero-order chi connectivity index (χ0) is 22.3. The van der Waals surface area contributed by atoms with Crippen LogP contribution in [-0.2, 0) is 9.59 Å². The van der Waals surface area contributed by atoms with Gasteiger partial charge in [0.15, 0.2) is 0 Å². The lowest BCUT2D eigenvalue weighted by atomic mass is 10.0. The first-order valence-electron chi connectivity index (χ1n) is 11.7. The molecule has 6 nitrogen and oxygen atoms in total. The van der Waals surface area contributed by atoms with E-state index in [9.17, 15) is 9.59 Å². The standard InChI is InChI=1S/C26H32N4O2/c1-2-22(31)10-4-3-5-11-23(30-26(32)21-15-27-16-21)25-28-17-24(29-25)20-13-12-18-8-6-7-9-19(18)14-20/h6-9,12-14,17,21,23,27H,2-5,10-11,15-16H2,1H3,(H,28,29)(H,30,32)/t23-/m0/s1. The van der Waals surface area contributed by atoms with Gasteiger partial charge in [0.1, 0.15) is 11.6 Å². The van der Waals surface area contributed by atoms with E-state index in [1.807, 2.05) is 25.3 Å². The van der Waals surface area contributed by atoms with Gasteiger partial charge >= 0.3 is 0 Å². The quantitative estimate of drug-likeness (QED) is 0.388. The summed E-state index contributed by atoms with van der Waals surface area (Å²) in [6.45, 7) is 3.38. The van der Waals surface area contributed by atoms with E-state index in [0.717, 1.165) is 55.9 Å². The summed E-state index contributed by atoms with van der Waals surface area (Å²) in [5.41, 5.74) is 2.03. The summed E-state index contributed by atoms with van der Waals surface area (Å²) in [5, 5.41) is 8.75. The molecule has 0 saturated carbocycles. The van der Waals surface area contributed by atoms with Gasteiger partial charge in [-0.3, -0.25) is 9.59 Å². The molecule has 32 heavy (non-hydrogen) atoms. The fraction of sp³-hybridized carbons (Fsp3) is 0.423. The van der Waals surface area contributed by atoms with E-state index >= 15 is 0 Å². The molecular formula is C26H32N4O2. The minimum atomic E-state index is -0.154. The fourth-order valence-corrected chi connectivity index (χ4v) is 4.08. The Bertz CT molecular complexity index is 1070. The number of rotatable bonds is 11. The first-order valence-corrected chi connectivity index (χ1v) is 11.7. The van der Waals surface area contributed by atoms with E-state index in [-0.39, 0.29) is 17.9 Å². The van der Waals surface area contributed by atoms with Crippen LogP contribution in [0, 0.1) is 5.92 Å². The van der Waals surface area contributed by atoms with Gasteiger partial charge in [-0.2, -0.15) is 0 Å². The highest BCUT2D eigenvalue weighted by Gasteiger charge is 2.28. The number of carbonyl (C=O) groups excluding carboxylic acids is 2. The van der Waals surface area contributed by atoms with Gasteiger partial charge in [-0.05, 0) is 29.7 Å². The van der Waals surface area contributed by atoms with Crippen LogP contribution in [0.3, 0.4) is 0 Å². The van der Waals surface area contributed by atoms with E-state index in [1.54, 1.807) is 0 Å². The van der Waals surface area contributed by atoms with Crippen LogP contribution in [0.1, 0.15) is 57.3 Å². The number of Topliss-reactive ketones (excluding diaryl/α,β-unsaturated/α-hetero) is 1. The van der Waals surface area contributed by atoms with Gasteiger partial charge in [0.25, 0.3) is 0 Å². The summed E-state index contributed by atoms with van der Waals surface area (Å²) in [5.74, 6) is 1.23. The molecule has 1 aromatic heterocycles. The van der Waals surface area contributed by atoms with Gasteiger partial charge in [-0.1, -0.05) is 56.2 Å². The molecule has 1 fully saturated rings. The highest BCUT2D eigenvalue weighted by atomic mass is 16.2. The Morgan fingerprint density at radius 2 is 1.91 bits per heavy atom. The predicted molar refractivity (Wildman–Crippen MR) is 127 cm³/mol. The number of aromatic amines is 1. The molecule has 1 aliphatic heterocycles. The van der Waals surface area contributed by atoms with Crippen molar-refractivity contribution in [2.75, 3.05) is 13.1 Å². The monoisotopic (exact) mass is 432 g/mol. The minimum Gasteiger partial charge on any atom is -0.346 e. The average molecular weight is 433 g/mol. The Labute approximate surface area is 189 Å². The van der Waals surface area contributed by atoms with Crippen molar-refractivity contribution < 1.29 is 9.59 Å². The van der Waals surface area contributed by atoms with Gasteiger partial charge in [0.05, 0.1) is 23.9 Å². The highest BCUT2D eigenvalue weighted by molar-refractivity contribution is 5.86. The number of amides is 1. The molecule has 1 aliphatic rings. The summed E-state index contributed by atoms with van der Waals surface area (Å²) < 4.78 is 0. The fourth-order valence-electron chi connectivity index (χ4n) is 4.08. The predicted octanol–water partition coefficient (Wildman–Crippen LogP) is 4.54. The van der Waals surface area contributed by atoms with Crippen LogP contribution in [-0.4, -0.2) is 34.7 Å². The van der Waals surface area contributed by atoms with Crippen molar-refractivity contribution in [3.63, 3.8) is 0 Å². The smallest absolute Gasteiger partial charge is 0.226 e. The highest BCUT2D eigenvalue weighted by Crippen LogP contribution is 2.26. The molecular weight excluding hydrogens is 400 g/mol. The number of unbranched alkanes of at least 4 members (excludes halogenated alkanes) is 2. The number of nitrogens with zero attached hydrogens (tertiary/aromatic N) is 1. The Morgan fingerprint density at radius 1 is 1.09 bits per heavy atom. The zero-order valence-corrected chi connectivity index (χ0v) is 18.7. The van der Waals surface area contributed by atoms with Crippen LogP contribution in [0.2, 0.25) is 0 Å². The molecule has 2 heterocycles. The third-order valence-electron chi connectivity index (χ3n) is 6.30. The SMILES string of the molecule is CCC(=O)CCCCC[C@H](NC(=O)C1CNC1)c1ncc(-c2ccc3ccccc3c2)[nH]1. The number of benzene rings is 2. The summed E-state index contributed by atoms with van der Waals surface area (Å²) in [6, 6.07) is 14.5. The number of nitrogens with one attached hydrogen (secondary N) is 3. The van der Waals surface area contributed by atoms with Crippen LogP contribution in [0.25, 0.3) is 22.0 Å². The van der Waals surface area contributed by atoms with E-state index in [0.29, 0.717) is 18.6 Å². The molecule has 168 valence electrons. The Kier molecular flexibility index (Phi) is 7.32. The van der Waals surface area contributed by atoms with Crippen molar-refractivity contribution in [2.24, 2.45) is 5.92 Å². The molecule has 4 rings (SSSR count). The van der Waals surface area contributed by atoms with Gasteiger partial charge in [0.2, 0.25) is 5.91 Å². The summed E-state index contributed by atoms with van der Waals surface area (Å²) in [6.07, 6.45) is 6.73. The lowest BCUT2D eigenvalue weighted by molar-refractivity contribution is -0.127. The number of hydrogen-bond acceptors (Lipinski definition) is 4. The van der Waals surface area contributed by atoms with Crippen LogP contribution >= 0.6 is 0 Å². The molecule has 0 spiro atoms. The molecule has 3 N–H and O–H groups in total. The van der Waals surface area contributed by atoms with Crippen molar-refractivity contribution in [1.29, 1.82) is 0 Å². The normalized spacial score (nSPS) is 14.8. The Morgan fingerprint density at radius 3 is 2.66 bits per heavy atom. The summed E-state index contributed by atoms with van der Waals surface area (Å²) in [7, 11) is 0. The van der Waals surface area contributed by atoms with E-state index in [4.69, 9.17) is 0 Å². The average Bonchev–Trinajstić information content (AvgIpc) is 3.26. The van der Waals surface area contributed by atoms with Crippen LogP contribution in [0.5, 0.6) is 0 Å². The van der Waals surface area contributed by atoms with Crippen LogP contribution in [0.4, 0.5) is 0 Å². The molecule has 1 saturated heterocycles. The third kappa shape index (κ3) is 5.43. The minimum absolute atomic E-state index is 0.0367. The largest absolute Gasteiger partial charge is 0.346 e. The van der Waals surface area contributed by atoms with Crippen molar-refractivity contribution in [3.8, 4) is 11.3 Å². The summed E-state index contributed by atoms with van der Waals surface area (Å²) in [4.78, 5) is 32.2. The van der Waals surface area contributed by atoms with E-state index in [1.165, 1.54) is 10.8 Å². The maximum atomic E-state index is 12.6. The zero-order valence-electron chi connectivity index (χ0n) is 18.7. The molecule has 1 amide bonds. The van der Waals surface area contributed by atoms with Crippen LogP contribution < -0.4 is 10.6 Å². The van der Waals surface area contributed by atoms with Crippen molar-refractivity contribution in [3.05, 3.63) is 54.5 Å². The van der Waals surface area contributed by atoms with Gasteiger partial charge in [0, 0.05) is 31.5 Å². The van der Waals surface area contributed by atoms with Gasteiger partial charge in [-0.15, -0.1) is 0 Å². The number of hydrogen-bond donors (Lipinski definition) is 3. The number of H-pyrrole nitrogens is 1. The lowest BCUT2D eigenvalue weighted by Crippen LogP contribution is -2.51. The molecule has 6 heteroatoms. The Hall–Kier alpha value is -2.99. The first kappa shape index (κ1) is 22.2. The molecule has 2 aromatic carbocycles. The Balaban J connectivity index is 1.45. The number of ketones is 1. The first-order chi connectivity index (χ1) is 15.6. The molecule has 3 aromatic rings. The maximum Gasteiger partial charge on any atom is 0.226 e.